The molecule has 172 valence electrons. The Kier molecular flexibility index (Phi) is 8.32. The molecule has 0 atom stereocenters. The summed E-state index contributed by atoms with van der Waals surface area (Å²) < 4.78 is 15.8. The highest BCUT2D eigenvalue weighted by molar-refractivity contribution is 8.26. The van der Waals surface area contributed by atoms with E-state index in [1.54, 1.807) is 55.5 Å². The number of methoxy groups -OCH3 is 1. The van der Waals surface area contributed by atoms with E-state index in [2.05, 4.69) is 5.43 Å². The SMILES string of the molecule is CCOC(=O)COc1c(Cl)cc(/C=C2\SC(=S)N(NC(=O)c3ccccc3)C2=O)cc1OC. The molecule has 0 unspecified atom stereocenters. The van der Waals surface area contributed by atoms with Crippen LogP contribution in [0.5, 0.6) is 11.5 Å². The van der Waals surface area contributed by atoms with Crippen LogP contribution in [-0.4, -0.2) is 47.4 Å². The van der Waals surface area contributed by atoms with Crippen LogP contribution in [0.15, 0.2) is 47.4 Å². The number of halogens is 1. The summed E-state index contributed by atoms with van der Waals surface area (Å²) in [6, 6.07) is 11.6. The summed E-state index contributed by atoms with van der Waals surface area (Å²) in [5, 5.41) is 1.20. The van der Waals surface area contributed by atoms with Crippen LogP contribution in [0.2, 0.25) is 5.02 Å². The van der Waals surface area contributed by atoms with Gasteiger partial charge in [0.25, 0.3) is 11.8 Å². The second-order valence-electron chi connectivity index (χ2n) is 6.45. The van der Waals surface area contributed by atoms with Gasteiger partial charge in [-0.15, -0.1) is 0 Å². The number of hydrazine groups is 1. The summed E-state index contributed by atoms with van der Waals surface area (Å²) in [7, 11) is 1.42. The van der Waals surface area contributed by atoms with Gasteiger partial charge >= 0.3 is 5.97 Å². The van der Waals surface area contributed by atoms with E-state index < -0.39 is 17.8 Å². The molecule has 0 bridgehead atoms. The van der Waals surface area contributed by atoms with E-state index in [1.807, 2.05) is 0 Å². The summed E-state index contributed by atoms with van der Waals surface area (Å²) >= 11 is 12.6. The topological polar surface area (TPSA) is 94.2 Å². The number of nitrogens with zero attached hydrogens (tertiary/aromatic N) is 1. The van der Waals surface area contributed by atoms with E-state index in [0.29, 0.717) is 11.1 Å². The maximum absolute atomic E-state index is 12.8. The molecule has 1 saturated heterocycles. The Hall–Kier alpha value is -3.08. The Bertz CT molecular complexity index is 1120. The average molecular weight is 507 g/mol. The van der Waals surface area contributed by atoms with Crippen LogP contribution in [0.1, 0.15) is 22.8 Å². The molecule has 2 aromatic carbocycles. The van der Waals surface area contributed by atoms with Gasteiger partial charge in [-0.3, -0.25) is 15.0 Å². The Morgan fingerprint density at radius 2 is 1.97 bits per heavy atom. The fourth-order valence-electron chi connectivity index (χ4n) is 2.77. The first-order valence-electron chi connectivity index (χ1n) is 9.64. The zero-order valence-corrected chi connectivity index (χ0v) is 20.0. The number of carbonyl (C=O) groups is 3. The molecule has 11 heteroatoms. The molecule has 0 saturated carbocycles. The molecule has 1 aliphatic rings. The highest BCUT2D eigenvalue weighted by atomic mass is 35.5. The number of rotatable bonds is 8. The Balaban J connectivity index is 1.77. The molecule has 2 amide bonds. The molecule has 1 N–H and O–H groups in total. The van der Waals surface area contributed by atoms with Crippen molar-refractivity contribution in [3.05, 3.63) is 63.5 Å². The van der Waals surface area contributed by atoms with Crippen LogP contribution in [-0.2, 0) is 14.3 Å². The van der Waals surface area contributed by atoms with Crippen LogP contribution in [0.3, 0.4) is 0 Å². The van der Waals surface area contributed by atoms with Gasteiger partial charge in [0.2, 0.25) is 0 Å². The first-order valence-corrected chi connectivity index (χ1v) is 11.2. The van der Waals surface area contributed by atoms with Crippen LogP contribution >= 0.6 is 35.6 Å². The molecule has 8 nitrogen and oxygen atoms in total. The fourth-order valence-corrected chi connectivity index (χ4v) is 4.22. The average Bonchev–Trinajstić information content (AvgIpc) is 3.06. The number of benzene rings is 2. The smallest absolute Gasteiger partial charge is 0.344 e. The van der Waals surface area contributed by atoms with Crippen LogP contribution < -0.4 is 14.9 Å². The first-order chi connectivity index (χ1) is 15.8. The minimum atomic E-state index is -0.541. The minimum absolute atomic E-state index is 0.173. The molecular formula is C22H19ClN2O6S2. The van der Waals surface area contributed by atoms with E-state index in [-0.39, 0.29) is 39.0 Å². The zero-order valence-electron chi connectivity index (χ0n) is 17.6. The molecule has 1 aliphatic heterocycles. The Labute approximate surface area is 204 Å². The van der Waals surface area contributed by atoms with Crippen molar-refractivity contribution in [2.45, 2.75) is 6.92 Å². The quantitative estimate of drug-likeness (QED) is 0.328. The summed E-state index contributed by atoms with van der Waals surface area (Å²) in [5.41, 5.74) is 3.45. The number of amides is 2. The second kappa shape index (κ2) is 11.2. The summed E-state index contributed by atoms with van der Waals surface area (Å²) in [4.78, 5) is 37.1. The fraction of sp³-hybridized carbons (Fsp3) is 0.182. The van der Waals surface area contributed by atoms with Gasteiger partial charge in [-0.25, -0.2) is 4.79 Å². The van der Waals surface area contributed by atoms with Crippen LogP contribution in [0.25, 0.3) is 6.08 Å². The van der Waals surface area contributed by atoms with Crippen molar-refractivity contribution >= 4 is 63.8 Å². The number of ether oxygens (including phenoxy) is 3. The van der Waals surface area contributed by atoms with Crippen molar-refractivity contribution in [2.24, 2.45) is 0 Å². The third-order valence-electron chi connectivity index (χ3n) is 4.23. The van der Waals surface area contributed by atoms with E-state index in [0.717, 1.165) is 16.8 Å². The van der Waals surface area contributed by atoms with E-state index in [4.69, 9.17) is 38.0 Å². The van der Waals surface area contributed by atoms with Gasteiger partial charge in [-0.2, -0.15) is 5.01 Å². The third-order valence-corrected chi connectivity index (χ3v) is 5.82. The second-order valence-corrected chi connectivity index (χ2v) is 8.53. The summed E-state index contributed by atoms with van der Waals surface area (Å²) in [6.45, 7) is 1.59. The molecular weight excluding hydrogens is 488 g/mol. The highest BCUT2D eigenvalue weighted by Crippen LogP contribution is 2.38. The van der Waals surface area contributed by atoms with Crippen molar-refractivity contribution in [2.75, 3.05) is 20.3 Å². The van der Waals surface area contributed by atoms with Gasteiger partial charge in [-0.05, 0) is 55.0 Å². The maximum atomic E-state index is 12.8. The first kappa shape index (κ1) is 24.6. The van der Waals surface area contributed by atoms with Crippen molar-refractivity contribution in [1.29, 1.82) is 0 Å². The number of thioether (sulfide) groups is 1. The van der Waals surface area contributed by atoms with Gasteiger partial charge in [0.1, 0.15) is 0 Å². The summed E-state index contributed by atoms with van der Waals surface area (Å²) in [5.74, 6) is -1.04. The molecule has 0 aromatic heterocycles. The van der Waals surface area contributed by atoms with Gasteiger partial charge in [-0.1, -0.05) is 41.6 Å². The zero-order chi connectivity index (χ0) is 24.0. The van der Waals surface area contributed by atoms with Crippen molar-refractivity contribution < 1.29 is 28.6 Å². The molecule has 2 aromatic rings. The Morgan fingerprint density at radius 1 is 1.24 bits per heavy atom. The number of esters is 1. The van der Waals surface area contributed by atoms with E-state index in [9.17, 15) is 14.4 Å². The third kappa shape index (κ3) is 6.04. The maximum Gasteiger partial charge on any atom is 0.344 e. The predicted octanol–water partition coefficient (Wildman–Crippen LogP) is 3.84. The van der Waals surface area contributed by atoms with Crippen molar-refractivity contribution in [3.63, 3.8) is 0 Å². The molecule has 33 heavy (non-hydrogen) atoms. The normalized spacial score (nSPS) is 14.4. The van der Waals surface area contributed by atoms with Crippen molar-refractivity contribution in [1.82, 2.24) is 10.4 Å². The minimum Gasteiger partial charge on any atom is -0.493 e. The van der Waals surface area contributed by atoms with Gasteiger partial charge in [0, 0.05) is 5.56 Å². The van der Waals surface area contributed by atoms with Gasteiger partial charge < -0.3 is 14.2 Å². The van der Waals surface area contributed by atoms with Crippen molar-refractivity contribution in [3.8, 4) is 11.5 Å². The summed E-state index contributed by atoms with van der Waals surface area (Å²) in [6.07, 6.45) is 1.57. The number of hydrogen-bond donors (Lipinski definition) is 1. The van der Waals surface area contributed by atoms with E-state index >= 15 is 0 Å². The molecule has 1 fully saturated rings. The highest BCUT2D eigenvalue weighted by Gasteiger charge is 2.34. The van der Waals surface area contributed by atoms with Gasteiger partial charge in [0.05, 0.1) is 23.6 Å². The predicted molar refractivity (Wildman–Crippen MR) is 129 cm³/mol. The molecule has 0 radical (unpaired) electrons. The molecule has 3 rings (SSSR count). The number of thiocarbonyl (C=S) groups is 1. The monoisotopic (exact) mass is 506 g/mol. The molecule has 1 heterocycles. The van der Waals surface area contributed by atoms with Crippen LogP contribution in [0, 0.1) is 0 Å². The standard InChI is InChI=1S/C22H19ClN2O6S2/c1-3-30-18(26)12-31-19-15(23)9-13(10-16(19)29-2)11-17-21(28)25(22(32)33-17)24-20(27)14-7-5-4-6-8-14/h4-11H,3,12H2,1-2H3,(H,24,27)/b17-11-. The lowest BCUT2D eigenvalue weighted by molar-refractivity contribution is -0.145. The Morgan fingerprint density at radius 3 is 2.64 bits per heavy atom. The number of carbonyl (C=O) groups excluding carboxylic acids is 3. The number of nitrogens with one attached hydrogen (secondary N) is 1. The lowest BCUT2D eigenvalue weighted by atomic mass is 10.2. The lowest BCUT2D eigenvalue weighted by Gasteiger charge is -2.15. The number of hydrogen-bond acceptors (Lipinski definition) is 8. The largest absolute Gasteiger partial charge is 0.493 e. The molecule has 0 spiro atoms. The molecule has 0 aliphatic carbocycles. The van der Waals surface area contributed by atoms with Crippen LogP contribution in [0.4, 0.5) is 0 Å². The van der Waals surface area contributed by atoms with E-state index in [1.165, 1.54) is 7.11 Å². The van der Waals surface area contributed by atoms with Gasteiger partial charge in [0.15, 0.2) is 22.4 Å². The lowest BCUT2D eigenvalue weighted by Crippen LogP contribution is -2.44.